The van der Waals surface area contributed by atoms with Gasteiger partial charge in [0.1, 0.15) is 23.5 Å². The van der Waals surface area contributed by atoms with Crippen molar-refractivity contribution >= 4 is 11.8 Å². The molecule has 0 radical (unpaired) electrons. The number of oxazole rings is 1. The molecule has 0 aliphatic rings. The van der Waals surface area contributed by atoms with Crippen molar-refractivity contribution in [3.05, 3.63) is 54.8 Å². The van der Waals surface area contributed by atoms with Gasteiger partial charge in [-0.1, -0.05) is 0 Å². The van der Waals surface area contributed by atoms with E-state index >= 15 is 0 Å². The molecule has 0 aliphatic heterocycles. The van der Waals surface area contributed by atoms with E-state index in [2.05, 4.69) is 20.3 Å². The number of hydrogen-bond acceptors (Lipinski definition) is 7. The summed E-state index contributed by atoms with van der Waals surface area (Å²) in [6.07, 6.45) is 4.00. The van der Waals surface area contributed by atoms with Crippen LogP contribution in [0.3, 0.4) is 0 Å². The van der Waals surface area contributed by atoms with Gasteiger partial charge in [0.15, 0.2) is 0 Å². The lowest BCUT2D eigenvalue weighted by Crippen LogP contribution is -2.35. The number of imidazole rings is 1. The Hall–Kier alpha value is -3.30. The molecule has 0 bridgehead atoms. The molecular weight excluding hydrogens is 365 g/mol. The smallest absolute Gasteiger partial charge is 0.306 e. The van der Waals surface area contributed by atoms with Gasteiger partial charge in [0.05, 0.1) is 24.4 Å². The minimum absolute atomic E-state index is 0.251. The van der Waals surface area contributed by atoms with Crippen LogP contribution >= 0.6 is 0 Å². The van der Waals surface area contributed by atoms with Crippen molar-refractivity contribution < 1.29 is 19.0 Å². The largest absolute Gasteiger partial charge is 0.432 e. The van der Waals surface area contributed by atoms with Gasteiger partial charge >= 0.3 is 5.84 Å². The molecule has 3 heterocycles. The zero-order chi connectivity index (χ0) is 19.7. The molecule has 1 aromatic carbocycles. The highest BCUT2D eigenvalue weighted by atomic mass is 19.1. The van der Waals surface area contributed by atoms with E-state index in [1.165, 1.54) is 18.4 Å². The summed E-state index contributed by atoms with van der Waals surface area (Å²) >= 11 is 0. The van der Waals surface area contributed by atoms with E-state index in [9.17, 15) is 14.6 Å². The Labute approximate surface area is 159 Å². The molecule has 0 unspecified atom stereocenters. The SMILES string of the molecule is C[C@H](O)[C@H](CO)Nc1nccc(-c2c(-c3ccc(F)cc3)nc3occn23)n1. The van der Waals surface area contributed by atoms with Crippen molar-refractivity contribution in [2.45, 2.75) is 19.1 Å². The molecule has 0 amide bonds. The van der Waals surface area contributed by atoms with Crippen LogP contribution in [-0.2, 0) is 0 Å². The van der Waals surface area contributed by atoms with Gasteiger partial charge in [-0.15, -0.1) is 0 Å². The normalized spacial score (nSPS) is 13.6. The number of nitrogens with one attached hydrogen (secondary N) is 1. The maximum Gasteiger partial charge on any atom is 0.306 e. The minimum atomic E-state index is -0.789. The molecule has 0 saturated carbocycles. The molecule has 28 heavy (non-hydrogen) atoms. The first-order valence-electron chi connectivity index (χ1n) is 8.67. The number of aromatic nitrogens is 4. The maximum absolute atomic E-state index is 13.3. The second-order valence-corrected chi connectivity index (χ2v) is 6.31. The number of aliphatic hydroxyl groups excluding tert-OH is 2. The lowest BCUT2D eigenvalue weighted by Gasteiger charge is -2.19. The molecular formula is C19H18FN5O3. The third-order valence-corrected chi connectivity index (χ3v) is 4.37. The first kappa shape index (κ1) is 18.1. The number of hydrogen-bond donors (Lipinski definition) is 3. The van der Waals surface area contributed by atoms with Gasteiger partial charge in [0.2, 0.25) is 5.95 Å². The highest BCUT2D eigenvalue weighted by Crippen LogP contribution is 2.32. The Morgan fingerprint density at radius 3 is 2.71 bits per heavy atom. The molecule has 9 heteroatoms. The molecule has 3 aromatic heterocycles. The number of rotatable bonds is 6. The summed E-state index contributed by atoms with van der Waals surface area (Å²) in [4.78, 5) is 13.1. The van der Waals surface area contributed by atoms with E-state index in [4.69, 9.17) is 4.42 Å². The van der Waals surface area contributed by atoms with Crippen LogP contribution in [0.5, 0.6) is 0 Å². The predicted molar refractivity (Wildman–Crippen MR) is 100 cm³/mol. The van der Waals surface area contributed by atoms with Crippen LogP contribution in [-0.4, -0.2) is 48.3 Å². The second-order valence-electron chi connectivity index (χ2n) is 6.31. The highest BCUT2D eigenvalue weighted by molar-refractivity contribution is 5.79. The molecule has 4 rings (SSSR count). The van der Waals surface area contributed by atoms with Crippen LogP contribution < -0.4 is 5.32 Å². The lowest BCUT2D eigenvalue weighted by molar-refractivity contribution is 0.132. The third-order valence-electron chi connectivity index (χ3n) is 4.37. The van der Waals surface area contributed by atoms with E-state index in [0.717, 1.165) is 0 Å². The summed E-state index contributed by atoms with van der Waals surface area (Å²) in [7, 11) is 0. The number of anilines is 1. The number of halogens is 1. The summed E-state index contributed by atoms with van der Waals surface area (Å²) in [5, 5.41) is 22.0. The Balaban J connectivity index is 1.80. The molecule has 0 fully saturated rings. The molecule has 2 atom stereocenters. The minimum Gasteiger partial charge on any atom is -0.432 e. The number of aliphatic hydroxyl groups is 2. The van der Waals surface area contributed by atoms with E-state index < -0.39 is 12.1 Å². The molecule has 4 aromatic rings. The number of benzene rings is 1. The number of fused-ring (bicyclic) bond motifs is 1. The maximum atomic E-state index is 13.3. The van der Waals surface area contributed by atoms with Crippen molar-refractivity contribution in [2.24, 2.45) is 0 Å². The van der Waals surface area contributed by atoms with Crippen LogP contribution in [0.1, 0.15) is 6.92 Å². The summed E-state index contributed by atoms with van der Waals surface area (Å²) in [5.74, 6) is 0.287. The first-order valence-corrected chi connectivity index (χ1v) is 8.67. The molecule has 0 saturated heterocycles. The summed E-state index contributed by atoms with van der Waals surface area (Å²) in [5.41, 5.74) is 2.49. The Bertz CT molecular complexity index is 1090. The van der Waals surface area contributed by atoms with Crippen LogP contribution in [0.4, 0.5) is 10.3 Å². The fraction of sp³-hybridized carbons (Fsp3) is 0.211. The highest BCUT2D eigenvalue weighted by Gasteiger charge is 2.20. The first-order chi connectivity index (χ1) is 13.6. The standard InChI is InChI=1S/C19H18FN5O3/c1-11(27)15(10-26)23-18-21-7-6-14(22-18)17-16(12-2-4-13(20)5-3-12)24-19-25(17)8-9-28-19/h2-9,11,15,26-27H,10H2,1H3,(H,21,22,23)/t11-,15-/m0/s1. The van der Waals surface area contributed by atoms with Crippen LogP contribution in [0.25, 0.3) is 28.5 Å². The van der Waals surface area contributed by atoms with E-state index in [1.807, 2.05) is 0 Å². The van der Waals surface area contributed by atoms with Crippen molar-refractivity contribution in [1.82, 2.24) is 19.4 Å². The summed E-state index contributed by atoms with van der Waals surface area (Å²) in [6.45, 7) is 1.29. The van der Waals surface area contributed by atoms with Crippen LogP contribution in [0.2, 0.25) is 0 Å². The molecule has 8 nitrogen and oxygen atoms in total. The van der Waals surface area contributed by atoms with Gasteiger partial charge in [-0.2, -0.15) is 4.98 Å². The third kappa shape index (κ3) is 3.32. The second kappa shape index (κ2) is 7.37. The Morgan fingerprint density at radius 2 is 2.00 bits per heavy atom. The quantitative estimate of drug-likeness (QED) is 0.469. The van der Waals surface area contributed by atoms with Crippen LogP contribution in [0, 0.1) is 5.82 Å². The Kier molecular flexibility index (Phi) is 4.76. The molecule has 3 N–H and O–H groups in total. The van der Waals surface area contributed by atoms with Gasteiger partial charge in [-0.05, 0) is 37.3 Å². The fourth-order valence-corrected chi connectivity index (χ4v) is 2.88. The zero-order valence-corrected chi connectivity index (χ0v) is 15.0. The van der Waals surface area contributed by atoms with Crippen LogP contribution in [0.15, 0.2) is 53.4 Å². The van der Waals surface area contributed by atoms with Gasteiger partial charge in [0, 0.05) is 18.0 Å². The zero-order valence-electron chi connectivity index (χ0n) is 15.0. The molecule has 0 spiro atoms. The lowest BCUT2D eigenvalue weighted by atomic mass is 10.1. The Morgan fingerprint density at radius 1 is 1.21 bits per heavy atom. The number of nitrogens with zero attached hydrogens (tertiary/aromatic N) is 4. The van der Waals surface area contributed by atoms with Gasteiger partial charge in [-0.25, -0.2) is 14.4 Å². The molecule has 144 valence electrons. The van der Waals surface area contributed by atoms with Gasteiger partial charge in [0.25, 0.3) is 0 Å². The summed E-state index contributed by atoms with van der Waals surface area (Å²) < 4.78 is 20.5. The predicted octanol–water partition coefficient (Wildman–Crippen LogP) is 2.34. The summed E-state index contributed by atoms with van der Waals surface area (Å²) in [6, 6.07) is 7.10. The van der Waals surface area contributed by atoms with Gasteiger partial charge < -0.3 is 19.9 Å². The fourth-order valence-electron chi connectivity index (χ4n) is 2.88. The van der Waals surface area contributed by atoms with E-state index in [1.54, 1.807) is 41.9 Å². The van der Waals surface area contributed by atoms with E-state index in [0.29, 0.717) is 28.5 Å². The van der Waals surface area contributed by atoms with Gasteiger partial charge in [-0.3, -0.25) is 4.40 Å². The average Bonchev–Trinajstić information content (AvgIpc) is 3.27. The van der Waals surface area contributed by atoms with Crippen molar-refractivity contribution in [3.8, 4) is 22.6 Å². The van der Waals surface area contributed by atoms with Crippen molar-refractivity contribution in [3.63, 3.8) is 0 Å². The monoisotopic (exact) mass is 383 g/mol. The average molecular weight is 383 g/mol. The van der Waals surface area contributed by atoms with E-state index in [-0.39, 0.29) is 18.4 Å². The van der Waals surface area contributed by atoms with Crippen molar-refractivity contribution in [1.29, 1.82) is 0 Å². The van der Waals surface area contributed by atoms with Crippen molar-refractivity contribution in [2.75, 3.05) is 11.9 Å². The molecule has 0 aliphatic carbocycles. The topological polar surface area (TPSA) is 109 Å².